The minimum Gasteiger partial charge on any atom is -0.395 e. The first kappa shape index (κ1) is 18.9. The molecule has 134 valence electrons. The summed E-state index contributed by atoms with van der Waals surface area (Å²) in [4.78, 5) is 16.8. The van der Waals surface area contributed by atoms with Crippen molar-refractivity contribution in [3.8, 4) is 0 Å². The number of benzene rings is 1. The molecule has 5 heteroatoms. The van der Waals surface area contributed by atoms with E-state index in [1.807, 2.05) is 17.9 Å². The quantitative estimate of drug-likeness (QED) is 0.831. The molecular formula is C19H29FN2O2. The van der Waals surface area contributed by atoms with Gasteiger partial charge in [-0.05, 0) is 30.9 Å². The van der Waals surface area contributed by atoms with Gasteiger partial charge in [-0.15, -0.1) is 0 Å². The molecule has 1 aromatic carbocycles. The molecule has 2 unspecified atom stereocenters. The number of aliphatic hydroxyl groups is 1. The second-order valence-corrected chi connectivity index (χ2v) is 6.64. The van der Waals surface area contributed by atoms with Gasteiger partial charge < -0.3 is 10.0 Å². The lowest BCUT2D eigenvalue weighted by atomic mass is 9.99. The maximum absolute atomic E-state index is 13.7. The van der Waals surface area contributed by atoms with Gasteiger partial charge in [-0.1, -0.05) is 32.0 Å². The fourth-order valence-electron chi connectivity index (χ4n) is 3.32. The van der Waals surface area contributed by atoms with Crippen molar-refractivity contribution >= 4 is 5.91 Å². The Morgan fingerprint density at radius 2 is 1.92 bits per heavy atom. The molecule has 0 radical (unpaired) electrons. The van der Waals surface area contributed by atoms with Crippen LogP contribution in [0.15, 0.2) is 24.3 Å². The van der Waals surface area contributed by atoms with Crippen molar-refractivity contribution in [2.45, 2.75) is 39.2 Å². The third-order valence-electron chi connectivity index (χ3n) is 5.05. The number of hydrogen-bond acceptors (Lipinski definition) is 3. The molecule has 0 aliphatic carbocycles. The number of nitrogens with zero attached hydrogens (tertiary/aromatic N) is 2. The van der Waals surface area contributed by atoms with Crippen LogP contribution in [0.5, 0.6) is 0 Å². The first-order chi connectivity index (χ1) is 11.6. The highest BCUT2D eigenvalue weighted by Gasteiger charge is 2.27. The third kappa shape index (κ3) is 4.77. The highest BCUT2D eigenvalue weighted by molar-refractivity contribution is 5.78. The smallest absolute Gasteiger partial charge is 0.225 e. The molecule has 1 N–H and O–H groups in total. The second kappa shape index (κ2) is 9.14. The fraction of sp³-hybridized carbons (Fsp3) is 0.632. The van der Waals surface area contributed by atoms with E-state index in [4.69, 9.17) is 0 Å². The van der Waals surface area contributed by atoms with Gasteiger partial charge in [-0.3, -0.25) is 9.69 Å². The van der Waals surface area contributed by atoms with E-state index in [9.17, 15) is 14.3 Å². The average molecular weight is 336 g/mol. The van der Waals surface area contributed by atoms with E-state index in [1.54, 1.807) is 12.1 Å². The zero-order valence-corrected chi connectivity index (χ0v) is 14.7. The summed E-state index contributed by atoms with van der Waals surface area (Å²) in [5.74, 6) is -0.139. The van der Waals surface area contributed by atoms with Gasteiger partial charge in [0.15, 0.2) is 0 Å². The molecule has 0 spiro atoms. The van der Waals surface area contributed by atoms with Crippen LogP contribution in [-0.4, -0.2) is 59.6 Å². The van der Waals surface area contributed by atoms with Gasteiger partial charge in [0.1, 0.15) is 5.82 Å². The van der Waals surface area contributed by atoms with Gasteiger partial charge in [-0.2, -0.15) is 0 Å². The first-order valence-corrected chi connectivity index (χ1v) is 8.93. The molecule has 1 aliphatic heterocycles. The SMILES string of the molecule is CCC(CO)N1CCN(C(=O)C(C)CCc2ccccc2F)CC1. The molecule has 1 saturated heterocycles. The number of rotatable bonds is 7. The Morgan fingerprint density at radius 1 is 1.25 bits per heavy atom. The molecule has 1 heterocycles. The number of piperazine rings is 1. The van der Waals surface area contributed by atoms with Crippen LogP contribution >= 0.6 is 0 Å². The summed E-state index contributed by atoms with van der Waals surface area (Å²) in [7, 11) is 0. The van der Waals surface area contributed by atoms with E-state index >= 15 is 0 Å². The summed E-state index contributed by atoms with van der Waals surface area (Å²) in [6.45, 7) is 7.21. The predicted molar refractivity (Wildman–Crippen MR) is 93.2 cm³/mol. The number of hydrogen-bond donors (Lipinski definition) is 1. The largest absolute Gasteiger partial charge is 0.395 e. The van der Waals surface area contributed by atoms with E-state index in [2.05, 4.69) is 11.8 Å². The number of halogens is 1. The van der Waals surface area contributed by atoms with E-state index in [-0.39, 0.29) is 30.3 Å². The predicted octanol–water partition coefficient (Wildman–Crippen LogP) is 2.31. The van der Waals surface area contributed by atoms with Crippen LogP contribution in [0.4, 0.5) is 4.39 Å². The van der Waals surface area contributed by atoms with Crippen molar-refractivity contribution in [3.05, 3.63) is 35.6 Å². The van der Waals surface area contributed by atoms with Crippen LogP contribution in [0.2, 0.25) is 0 Å². The number of aliphatic hydroxyl groups excluding tert-OH is 1. The minimum absolute atomic E-state index is 0.101. The van der Waals surface area contributed by atoms with E-state index < -0.39 is 0 Å². The van der Waals surface area contributed by atoms with Crippen LogP contribution in [0.1, 0.15) is 32.3 Å². The van der Waals surface area contributed by atoms with E-state index in [0.29, 0.717) is 31.5 Å². The monoisotopic (exact) mass is 336 g/mol. The third-order valence-corrected chi connectivity index (χ3v) is 5.05. The highest BCUT2D eigenvalue weighted by Crippen LogP contribution is 2.17. The van der Waals surface area contributed by atoms with Gasteiger partial charge in [-0.25, -0.2) is 4.39 Å². The lowest BCUT2D eigenvalue weighted by Gasteiger charge is -2.39. The molecule has 1 fully saturated rings. The molecular weight excluding hydrogens is 307 g/mol. The van der Waals surface area contributed by atoms with Gasteiger partial charge in [0.05, 0.1) is 6.61 Å². The zero-order valence-electron chi connectivity index (χ0n) is 14.7. The summed E-state index contributed by atoms with van der Waals surface area (Å²) in [6, 6.07) is 6.95. The van der Waals surface area contributed by atoms with Crippen molar-refractivity contribution in [1.29, 1.82) is 0 Å². The Kier molecular flexibility index (Phi) is 7.18. The standard InChI is InChI=1S/C19H29FN2O2/c1-3-17(14-23)21-10-12-22(13-11-21)19(24)15(2)8-9-16-6-4-5-7-18(16)20/h4-7,15,17,23H,3,8-14H2,1-2H3. The van der Waals surface area contributed by atoms with E-state index in [1.165, 1.54) is 6.07 Å². The molecule has 0 aromatic heterocycles. The van der Waals surface area contributed by atoms with Crippen molar-refractivity contribution in [2.75, 3.05) is 32.8 Å². The van der Waals surface area contributed by atoms with Crippen LogP contribution in [-0.2, 0) is 11.2 Å². The van der Waals surface area contributed by atoms with Crippen LogP contribution < -0.4 is 0 Å². The van der Waals surface area contributed by atoms with Crippen molar-refractivity contribution in [3.63, 3.8) is 0 Å². The molecule has 0 saturated carbocycles. The van der Waals surface area contributed by atoms with Gasteiger partial charge in [0.25, 0.3) is 0 Å². The summed E-state index contributed by atoms with van der Waals surface area (Å²) >= 11 is 0. The highest BCUT2D eigenvalue weighted by atomic mass is 19.1. The van der Waals surface area contributed by atoms with Gasteiger partial charge >= 0.3 is 0 Å². The van der Waals surface area contributed by atoms with Crippen LogP contribution in [0.25, 0.3) is 0 Å². The second-order valence-electron chi connectivity index (χ2n) is 6.64. The Balaban J connectivity index is 1.81. The Morgan fingerprint density at radius 3 is 2.50 bits per heavy atom. The Bertz CT molecular complexity index is 526. The summed E-state index contributed by atoms with van der Waals surface area (Å²) in [6.07, 6.45) is 2.17. The molecule has 2 atom stereocenters. The number of amides is 1. The maximum Gasteiger partial charge on any atom is 0.225 e. The lowest BCUT2D eigenvalue weighted by Crippen LogP contribution is -2.53. The Labute approximate surface area is 144 Å². The van der Waals surface area contributed by atoms with Gasteiger partial charge in [0, 0.05) is 38.1 Å². The summed E-state index contributed by atoms with van der Waals surface area (Å²) in [5.41, 5.74) is 0.677. The lowest BCUT2D eigenvalue weighted by molar-refractivity contribution is -0.137. The molecule has 1 aliphatic rings. The Hall–Kier alpha value is -1.46. The molecule has 1 amide bonds. The molecule has 2 rings (SSSR count). The van der Waals surface area contributed by atoms with Crippen molar-refractivity contribution < 1.29 is 14.3 Å². The molecule has 4 nitrogen and oxygen atoms in total. The minimum atomic E-state index is -0.194. The van der Waals surface area contributed by atoms with Gasteiger partial charge in [0.2, 0.25) is 5.91 Å². The summed E-state index contributed by atoms with van der Waals surface area (Å²) < 4.78 is 13.7. The molecule has 1 aromatic rings. The number of carbonyl (C=O) groups is 1. The average Bonchev–Trinajstić information content (AvgIpc) is 2.62. The molecule has 0 bridgehead atoms. The summed E-state index contributed by atoms with van der Waals surface area (Å²) in [5, 5.41) is 9.39. The fourth-order valence-corrected chi connectivity index (χ4v) is 3.32. The van der Waals surface area contributed by atoms with E-state index in [0.717, 1.165) is 19.5 Å². The number of carbonyl (C=O) groups excluding carboxylic acids is 1. The first-order valence-electron chi connectivity index (χ1n) is 8.93. The zero-order chi connectivity index (χ0) is 17.5. The van der Waals surface area contributed by atoms with Crippen LogP contribution in [0.3, 0.4) is 0 Å². The van der Waals surface area contributed by atoms with Crippen molar-refractivity contribution in [2.24, 2.45) is 5.92 Å². The van der Waals surface area contributed by atoms with Crippen LogP contribution in [0, 0.1) is 11.7 Å². The topological polar surface area (TPSA) is 43.8 Å². The van der Waals surface area contributed by atoms with Crippen molar-refractivity contribution in [1.82, 2.24) is 9.80 Å². The maximum atomic E-state index is 13.7. The molecule has 24 heavy (non-hydrogen) atoms. The normalized spacial score (nSPS) is 18.4. The number of aryl methyl sites for hydroxylation is 1.